The second-order valence-corrected chi connectivity index (χ2v) is 7.42. The molecule has 0 spiro atoms. The Bertz CT molecular complexity index is 1140. The number of halogens is 2. The number of hydrogen-bond donors (Lipinski definition) is 2. The molecule has 3 aromatic rings. The van der Waals surface area contributed by atoms with E-state index in [0.717, 1.165) is 0 Å². The van der Waals surface area contributed by atoms with Gasteiger partial charge in [-0.25, -0.2) is 0 Å². The summed E-state index contributed by atoms with van der Waals surface area (Å²) in [6.45, 7) is 0. The normalized spacial score (nSPS) is 10.7. The minimum absolute atomic E-state index is 0.117. The van der Waals surface area contributed by atoms with Gasteiger partial charge in [0, 0.05) is 22.7 Å². The summed E-state index contributed by atoms with van der Waals surface area (Å²) in [6.07, 6.45) is 2.84. The van der Waals surface area contributed by atoms with Crippen molar-refractivity contribution in [3.05, 3.63) is 70.4 Å². The van der Waals surface area contributed by atoms with E-state index in [0.29, 0.717) is 44.3 Å². The number of ether oxygens (including phenoxy) is 2. The Morgan fingerprint density at radius 3 is 2.58 bits per heavy atom. The van der Waals surface area contributed by atoms with Crippen LogP contribution in [0.2, 0.25) is 10.0 Å². The molecule has 1 aromatic heterocycles. The van der Waals surface area contributed by atoms with E-state index in [-0.39, 0.29) is 5.11 Å². The Morgan fingerprint density at radius 2 is 1.87 bits per heavy atom. The summed E-state index contributed by atoms with van der Waals surface area (Å²) >= 11 is 17.3. The van der Waals surface area contributed by atoms with Gasteiger partial charge < -0.3 is 19.2 Å². The van der Waals surface area contributed by atoms with Gasteiger partial charge in [-0.2, -0.15) is 0 Å². The molecule has 0 aliphatic rings. The fourth-order valence-electron chi connectivity index (χ4n) is 2.64. The lowest BCUT2D eigenvalue weighted by Gasteiger charge is -2.13. The Labute approximate surface area is 194 Å². The molecule has 2 N–H and O–H groups in total. The molecule has 1 heterocycles. The molecule has 0 aliphatic heterocycles. The summed E-state index contributed by atoms with van der Waals surface area (Å²) in [5, 5.41) is 6.60. The number of thiocarbonyl (C=S) groups is 1. The number of nitrogens with one attached hydrogen (secondary N) is 2. The standard InChI is InChI=1S/C22H18Cl2N2O4S/c1-28-15-4-8-18(20(12-15)29-2)25-22(31)26-21(27)10-6-14-5-9-19(30-14)16-7-3-13(23)11-17(16)24/h3-12H,1-2H3,(H2,25,26,27,31)/b10-6+. The molecule has 0 saturated carbocycles. The first-order valence-electron chi connectivity index (χ1n) is 8.97. The van der Waals surface area contributed by atoms with Crippen molar-refractivity contribution in [2.75, 3.05) is 19.5 Å². The van der Waals surface area contributed by atoms with E-state index >= 15 is 0 Å². The number of carbonyl (C=O) groups is 1. The highest BCUT2D eigenvalue weighted by Crippen LogP contribution is 2.32. The van der Waals surface area contributed by atoms with E-state index in [1.165, 1.54) is 19.3 Å². The maximum absolute atomic E-state index is 12.2. The predicted octanol–water partition coefficient (Wildman–Crippen LogP) is 5.80. The van der Waals surface area contributed by atoms with Gasteiger partial charge in [0.25, 0.3) is 0 Å². The monoisotopic (exact) mass is 476 g/mol. The van der Waals surface area contributed by atoms with Crippen molar-refractivity contribution < 1.29 is 18.7 Å². The second-order valence-electron chi connectivity index (χ2n) is 6.17. The molecule has 6 nitrogen and oxygen atoms in total. The summed E-state index contributed by atoms with van der Waals surface area (Å²) in [7, 11) is 3.09. The molecular weight excluding hydrogens is 459 g/mol. The molecule has 0 atom stereocenters. The zero-order valence-electron chi connectivity index (χ0n) is 16.6. The molecule has 0 aliphatic carbocycles. The second kappa shape index (κ2) is 10.3. The molecule has 160 valence electrons. The van der Waals surface area contributed by atoms with Crippen molar-refractivity contribution in [3.63, 3.8) is 0 Å². The molecule has 0 bridgehead atoms. The average molecular weight is 477 g/mol. The van der Waals surface area contributed by atoms with Crippen LogP contribution in [-0.2, 0) is 4.79 Å². The van der Waals surface area contributed by atoms with Crippen LogP contribution >= 0.6 is 35.4 Å². The number of methoxy groups -OCH3 is 2. The first-order chi connectivity index (χ1) is 14.9. The molecule has 1 amide bonds. The molecular formula is C22H18Cl2N2O4S. The summed E-state index contributed by atoms with van der Waals surface area (Å²) in [5.41, 5.74) is 1.29. The van der Waals surface area contributed by atoms with Crippen LogP contribution in [0.1, 0.15) is 5.76 Å². The van der Waals surface area contributed by atoms with Gasteiger partial charge in [-0.05, 0) is 60.8 Å². The van der Waals surface area contributed by atoms with Gasteiger partial charge in [0.1, 0.15) is 23.0 Å². The maximum atomic E-state index is 12.2. The molecule has 9 heteroatoms. The molecule has 0 fully saturated rings. The highest BCUT2D eigenvalue weighted by atomic mass is 35.5. The quantitative estimate of drug-likeness (QED) is 0.346. The molecule has 0 radical (unpaired) electrons. The molecule has 2 aromatic carbocycles. The minimum atomic E-state index is -0.424. The van der Waals surface area contributed by atoms with Crippen LogP contribution < -0.4 is 20.1 Å². The fraction of sp³-hybridized carbons (Fsp3) is 0.0909. The molecule has 0 saturated heterocycles. The van der Waals surface area contributed by atoms with Crippen molar-refractivity contribution in [2.45, 2.75) is 0 Å². The van der Waals surface area contributed by atoms with Crippen molar-refractivity contribution >= 4 is 58.2 Å². The van der Waals surface area contributed by atoms with Gasteiger partial charge in [-0.3, -0.25) is 10.1 Å². The molecule has 0 unspecified atom stereocenters. The summed E-state index contributed by atoms with van der Waals surface area (Å²) in [6, 6.07) is 13.8. The van der Waals surface area contributed by atoms with E-state index in [1.807, 2.05) is 0 Å². The van der Waals surface area contributed by atoms with E-state index in [1.54, 1.807) is 55.6 Å². The molecule has 31 heavy (non-hydrogen) atoms. The van der Waals surface area contributed by atoms with Gasteiger partial charge in [-0.1, -0.05) is 23.2 Å². The summed E-state index contributed by atoms with van der Waals surface area (Å²) < 4.78 is 16.2. The maximum Gasteiger partial charge on any atom is 0.250 e. The van der Waals surface area contributed by atoms with Crippen molar-refractivity contribution in [3.8, 4) is 22.8 Å². The first-order valence-corrected chi connectivity index (χ1v) is 10.1. The number of amides is 1. The lowest BCUT2D eigenvalue weighted by atomic mass is 10.2. The SMILES string of the molecule is COc1ccc(NC(=S)NC(=O)/C=C/c2ccc(-c3ccc(Cl)cc3Cl)o2)c(OC)c1. The zero-order chi connectivity index (χ0) is 22.4. The van der Waals surface area contributed by atoms with Crippen molar-refractivity contribution in [1.82, 2.24) is 5.32 Å². The lowest BCUT2D eigenvalue weighted by molar-refractivity contribution is -0.115. The Balaban J connectivity index is 1.61. The van der Waals surface area contributed by atoms with Crippen molar-refractivity contribution in [2.24, 2.45) is 0 Å². The van der Waals surface area contributed by atoms with E-state index < -0.39 is 5.91 Å². The van der Waals surface area contributed by atoms with Gasteiger partial charge in [0.05, 0.1) is 24.9 Å². The van der Waals surface area contributed by atoms with Crippen LogP contribution in [0.3, 0.4) is 0 Å². The predicted molar refractivity (Wildman–Crippen MR) is 127 cm³/mol. The summed E-state index contributed by atoms with van der Waals surface area (Å²) in [4.78, 5) is 12.2. The third-order valence-electron chi connectivity index (χ3n) is 4.12. The van der Waals surface area contributed by atoms with Gasteiger partial charge in [0.2, 0.25) is 5.91 Å². The zero-order valence-corrected chi connectivity index (χ0v) is 18.9. The Hall–Kier alpha value is -3.00. The highest BCUT2D eigenvalue weighted by Gasteiger charge is 2.10. The van der Waals surface area contributed by atoms with Gasteiger partial charge >= 0.3 is 0 Å². The number of hydrogen-bond acceptors (Lipinski definition) is 5. The molecule has 3 rings (SSSR count). The number of benzene rings is 2. The van der Waals surface area contributed by atoms with Crippen LogP contribution in [0.15, 0.2) is 59.0 Å². The van der Waals surface area contributed by atoms with E-state index in [4.69, 9.17) is 49.3 Å². The Kier molecular flexibility index (Phi) is 7.57. The van der Waals surface area contributed by atoms with Crippen LogP contribution in [0.5, 0.6) is 11.5 Å². The third kappa shape index (κ3) is 6.01. The van der Waals surface area contributed by atoms with E-state index in [9.17, 15) is 4.79 Å². The lowest BCUT2D eigenvalue weighted by Crippen LogP contribution is -2.32. The largest absolute Gasteiger partial charge is 0.497 e. The number of furan rings is 1. The smallest absolute Gasteiger partial charge is 0.250 e. The van der Waals surface area contributed by atoms with Crippen LogP contribution in [-0.4, -0.2) is 25.2 Å². The van der Waals surface area contributed by atoms with Gasteiger partial charge in [0.15, 0.2) is 5.11 Å². The number of carbonyl (C=O) groups excluding carboxylic acids is 1. The highest BCUT2D eigenvalue weighted by molar-refractivity contribution is 7.80. The van der Waals surface area contributed by atoms with Crippen LogP contribution in [0.4, 0.5) is 5.69 Å². The van der Waals surface area contributed by atoms with Gasteiger partial charge in [-0.15, -0.1) is 0 Å². The number of rotatable bonds is 6. The van der Waals surface area contributed by atoms with Crippen LogP contribution in [0, 0.1) is 0 Å². The number of anilines is 1. The van der Waals surface area contributed by atoms with E-state index in [2.05, 4.69) is 10.6 Å². The first kappa shape index (κ1) is 22.7. The average Bonchev–Trinajstić information content (AvgIpc) is 3.21. The third-order valence-corrected chi connectivity index (χ3v) is 4.87. The van der Waals surface area contributed by atoms with Crippen LogP contribution in [0.25, 0.3) is 17.4 Å². The topological polar surface area (TPSA) is 72.7 Å². The Morgan fingerprint density at radius 1 is 1.06 bits per heavy atom. The summed E-state index contributed by atoms with van der Waals surface area (Å²) in [5.74, 6) is 1.78. The fourth-order valence-corrected chi connectivity index (χ4v) is 3.36. The van der Waals surface area contributed by atoms with Crippen molar-refractivity contribution in [1.29, 1.82) is 0 Å². The minimum Gasteiger partial charge on any atom is -0.497 e.